The number of thioether (sulfide) groups is 1. The fraction of sp³-hybridized carbons (Fsp3) is 0.111. The SMILES string of the molecule is CCC(=O)N(/C=C1\Sc2ccccc2C1=O)c1ccccc1. The lowest BCUT2D eigenvalue weighted by Crippen LogP contribution is -2.25. The first-order valence-corrected chi connectivity index (χ1v) is 7.93. The van der Waals surface area contributed by atoms with Crippen molar-refractivity contribution in [3.63, 3.8) is 0 Å². The molecule has 1 amide bonds. The molecular formula is C18H15NO2S. The Hall–Kier alpha value is -2.33. The molecule has 4 heteroatoms. The number of benzene rings is 2. The summed E-state index contributed by atoms with van der Waals surface area (Å²) in [5, 5.41) is 0. The Labute approximate surface area is 133 Å². The Balaban J connectivity index is 1.98. The van der Waals surface area contributed by atoms with Gasteiger partial charge in [-0.3, -0.25) is 14.5 Å². The fourth-order valence-electron chi connectivity index (χ4n) is 2.29. The minimum atomic E-state index is -0.0388. The maximum absolute atomic E-state index is 12.4. The summed E-state index contributed by atoms with van der Waals surface area (Å²) in [5.41, 5.74) is 1.47. The molecule has 1 aliphatic rings. The fourth-order valence-corrected chi connectivity index (χ4v) is 3.31. The lowest BCUT2D eigenvalue weighted by Gasteiger charge is -2.18. The van der Waals surface area contributed by atoms with Crippen molar-refractivity contribution in [3.05, 3.63) is 71.3 Å². The van der Waals surface area contributed by atoms with Crippen molar-refractivity contribution in [1.29, 1.82) is 0 Å². The molecule has 0 saturated carbocycles. The number of fused-ring (bicyclic) bond motifs is 1. The van der Waals surface area contributed by atoms with Gasteiger partial charge in [-0.2, -0.15) is 0 Å². The second-order valence-corrected chi connectivity index (χ2v) is 5.96. The maximum atomic E-state index is 12.4. The van der Waals surface area contributed by atoms with Gasteiger partial charge in [-0.1, -0.05) is 49.0 Å². The zero-order valence-corrected chi connectivity index (χ0v) is 13.0. The van der Waals surface area contributed by atoms with E-state index in [2.05, 4.69) is 0 Å². The number of para-hydroxylation sites is 1. The maximum Gasteiger partial charge on any atom is 0.230 e. The van der Waals surface area contributed by atoms with Gasteiger partial charge in [0.25, 0.3) is 0 Å². The lowest BCUT2D eigenvalue weighted by atomic mass is 10.1. The second-order valence-electron chi connectivity index (χ2n) is 4.87. The number of amides is 1. The number of anilines is 1. The molecule has 3 rings (SSSR count). The third-order valence-corrected chi connectivity index (χ3v) is 4.51. The van der Waals surface area contributed by atoms with Crippen LogP contribution >= 0.6 is 11.8 Å². The predicted octanol–water partition coefficient (Wildman–Crippen LogP) is 4.26. The number of nitrogens with zero attached hydrogens (tertiary/aromatic N) is 1. The number of carbonyl (C=O) groups excluding carboxylic acids is 2. The summed E-state index contributed by atoms with van der Waals surface area (Å²) in [5.74, 6) is -0.0616. The van der Waals surface area contributed by atoms with Crippen LogP contribution in [0, 0.1) is 0 Å². The molecule has 22 heavy (non-hydrogen) atoms. The van der Waals surface area contributed by atoms with Gasteiger partial charge in [0.1, 0.15) is 0 Å². The molecule has 2 aromatic carbocycles. The molecule has 0 saturated heterocycles. The molecule has 0 unspecified atom stereocenters. The van der Waals surface area contributed by atoms with E-state index in [1.165, 1.54) is 11.8 Å². The molecule has 1 heterocycles. The highest BCUT2D eigenvalue weighted by molar-refractivity contribution is 8.04. The third-order valence-electron chi connectivity index (χ3n) is 3.43. The van der Waals surface area contributed by atoms with Gasteiger partial charge in [0.05, 0.1) is 4.91 Å². The van der Waals surface area contributed by atoms with E-state index in [1.54, 1.807) is 11.1 Å². The predicted molar refractivity (Wildman–Crippen MR) is 88.9 cm³/mol. The van der Waals surface area contributed by atoms with Crippen molar-refractivity contribution in [2.75, 3.05) is 4.90 Å². The zero-order valence-electron chi connectivity index (χ0n) is 12.2. The molecule has 0 aromatic heterocycles. The van der Waals surface area contributed by atoms with Crippen LogP contribution in [0.2, 0.25) is 0 Å². The first kappa shape index (κ1) is 14.6. The highest BCUT2D eigenvalue weighted by atomic mass is 32.2. The normalized spacial score (nSPS) is 15.0. The summed E-state index contributed by atoms with van der Waals surface area (Å²) in [6.45, 7) is 1.81. The number of allylic oxidation sites excluding steroid dienone is 1. The Morgan fingerprint density at radius 3 is 2.45 bits per heavy atom. The Morgan fingerprint density at radius 2 is 1.77 bits per heavy atom. The lowest BCUT2D eigenvalue weighted by molar-refractivity contribution is -0.117. The van der Waals surface area contributed by atoms with Gasteiger partial charge in [-0.05, 0) is 24.3 Å². The van der Waals surface area contributed by atoms with Gasteiger partial charge in [0.2, 0.25) is 11.7 Å². The van der Waals surface area contributed by atoms with Crippen LogP contribution in [-0.2, 0) is 4.79 Å². The van der Waals surface area contributed by atoms with Crippen LogP contribution < -0.4 is 4.90 Å². The Bertz CT molecular complexity index is 753. The van der Waals surface area contributed by atoms with E-state index in [9.17, 15) is 9.59 Å². The standard InChI is InChI=1S/C18H15NO2S/c1-2-17(20)19(13-8-4-3-5-9-13)12-16-18(21)14-10-6-7-11-15(14)22-16/h3-12H,2H2,1H3/b16-12-. The van der Waals surface area contributed by atoms with Gasteiger partial charge in [0.15, 0.2) is 0 Å². The van der Waals surface area contributed by atoms with Crippen molar-refractivity contribution in [2.45, 2.75) is 18.2 Å². The molecular weight excluding hydrogens is 294 g/mol. The van der Waals surface area contributed by atoms with Crippen LogP contribution in [0.25, 0.3) is 0 Å². The molecule has 0 aliphatic carbocycles. The molecule has 1 aliphatic heterocycles. The van der Waals surface area contributed by atoms with Crippen LogP contribution in [0.3, 0.4) is 0 Å². The average Bonchev–Trinajstić information content (AvgIpc) is 2.89. The average molecular weight is 309 g/mol. The van der Waals surface area contributed by atoms with Gasteiger partial charge in [-0.15, -0.1) is 0 Å². The second kappa shape index (κ2) is 6.20. The number of ketones is 1. The molecule has 0 fully saturated rings. The highest BCUT2D eigenvalue weighted by Crippen LogP contribution is 2.40. The summed E-state index contributed by atoms with van der Waals surface area (Å²) in [4.78, 5) is 27.8. The highest BCUT2D eigenvalue weighted by Gasteiger charge is 2.27. The number of carbonyl (C=O) groups is 2. The van der Waals surface area contributed by atoms with Crippen LogP contribution in [0.1, 0.15) is 23.7 Å². The molecule has 0 bridgehead atoms. The van der Waals surface area contributed by atoms with Crippen LogP contribution in [0.15, 0.2) is 70.6 Å². The van der Waals surface area contributed by atoms with Gasteiger partial charge < -0.3 is 0 Å². The summed E-state index contributed by atoms with van der Waals surface area (Å²) in [7, 11) is 0. The van der Waals surface area contributed by atoms with Crippen LogP contribution in [0.4, 0.5) is 5.69 Å². The van der Waals surface area contributed by atoms with Crippen molar-refractivity contribution in [2.24, 2.45) is 0 Å². The molecule has 2 aromatic rings. The quantitative estimate of drug-likeness (QED) is 0.795. The number of Topliss-reactive ketones (excluding diaryl/α,β-unsaturated/α-hetero) is 1. The van der Waals surface area contributed by atoms with E-state index in [4.69, 9.17) is 0 Å². The number of hydrogen-bond acceptors (Lipinski definition) is 3. The molecule has 0 radical (unpaired) electrons. The minimum absolute atomic E-state index is 0.0227. The molecule has 0 N–H and O–H groups in total. The number of hydrogen-bond donors (Lipinski definition) is 0. The van der Waals surface area contributed by atoms with E-state index in [1.807, 2.05) is 61.5 Å². The van der Waals surface area contributed by atoms with E-state index in [-0.39, 0.29) is 11.7 Å². The van der Waals surface area contributed by atoms with Gasteiger partial charge >= 0.3 is 0 Å². The first-order chi connectivity index (χ1) is 10.7. The van der Waals surface area contributed by atoms with Gasteiger partial charge in [-0.25, -0.2) is 0 Å². The van der Waals surface area contributed by atoms with E-state index in [0.29, 0.717) is 16.9 Å². The monoisotopic (exact) mass is 309 g/mol. The summed E-state index contributed by atoms with van der Waals surface area (Å²) in [6, 6.07) is 16.9. The van der Waals surface area contributed by atoms with Crippen molar-refractivity contribution in [1.82, 2.24) is 0 Å². The van der Waals surface area contributed by atoms with Crippen molar-refractivity contribution < 1.29 is 9.59 Å². The van der Waals surface area contributed by atoms with E-state index < -0.39 is 0 Å². The van der Waals surface area contributed by atoms with Crippen molar-refractivity contribution >= 4 is 29.1 Å². The third kappa shape index (κ3) is 2.70. The molecule has 3 nitrogen and oxygen atoms in total. The Kier molecular flexibility index (Phi) is 4.11. The van der Waals surface area contributed by atoms with Crippen LogP contribution in [-0.4, -0.2) is 11.7 Å². The summed E-state index contributed by atoms with van der Waals surface area (Å²) in [6.07, 6.45) is 2.04. The number of rotatable bonds is 3. The van der Waals surface area contributed by atoms with E-state index in [0.717, 1.165) is 10.6 Å². The molecule has 0 spiro atoms. The molecule has 0 atom stereocenters. The first-order valence-electron chi connectivity index (χ1n) is 7.11. The minimum Gasteiger partial charge on any atom is -0.288 e. The van der Waals surface area contributed by atoms with Crippen LogP contribution in [0.5, 0.6) is 0 Å². The van der Waals surface area contributed by atoms with Gasteiger partial charge in [0, 0.05) is 28.8 Å². The topological polar surface area (TPSA) is 37.4 Å². The summed E-state index contributed by atoms with van der Waals surface area (Å²) >= 11 is 1.41. The summed E-state index contributed by atoms with van der Waals surface area (Å²) < 4.78 is 0. The van der Waals surface area contributed by atoms with E-state index >= 15 is 0 Å². The largest absolute Gasteiger partial charge is 0.288 e. The smallest absolute Gasteiger partial charge is 0.230 e. The van der Waals surface area contributed by atoms with Crippen molar-refractivity contribution in [3.8, 4) is 0 Å². The Morgan fingerprint density at radius 1 is 1.09 bits per heavy atom. The molecule has 110 valence electrons. The zero-order chi connectivity index (χ0) is 15.5.